The first kappa shape index (κ1) is 17.5. The number of hydrogen-bond donors (Lipinski definition) is 2. The van der Waals surface area contributed by atoms with Crippen molar-refractivity contribution < 1.29 is 9.47 Å². The summed E-state index contributed by atoms with van der Waals surface area (Å²) in [6.07, 6.45) is 0. The molecule has 0 radical (unpaired) electrons. The lowest BCUT2D eigenvalue weighted by Gasteiger charge is -2.12. The number of hydrogen-bond acceptors (Lipinski definition) is 6. The maximum absolute atomic E-state index is 6.05. The van der Waals surface area contributed by atoms with Gasteiger partial charge in [0.1, 0.15) is 5.82 Å². The van der Waals surface area contributed by atoms with Gasteiger partial charge in [-0.25, -0.2) is 9.97 Å². The van der Waals surface area contributed by atoms with Gasteiger partial charge >= 0.3 is 0 Å². The molecule has 1 aromatic heterocycles. The van der Waals surface area contributed by atoms with Gasteiger partial charge in [-0.3, -0.25) is 0 Å². The van der Waals surface area contributed by atoms with E-state index in [1.54, 1.807) is 0 Å². The van der Waals surface area contributed by atoms with Crippen LogP contribution in [0.2, 0.25) is 0 Å². The summed E-state index contributed by atoms with van der Waals surface area (Å²) in [7, 11) is 0. The van der Waals surface area contributed by atoms with Crippen LogP contribution >= 0.6 is 0 Å². The fourth-order valence-corrected chi connectivity index (χ4v) is 3.81. The van der Waals surface area contributed by atoms with E-state index in [-0.39, 0.29) is 6.79 Å². The van der Waals surface area contributed by atoms with Crippen molar-refractivity contribution >= 4 is 38.9 Å². The Balaban J connectivity index is 1.49. The molecule has 6 heteroatoms. The Bertz CT molecular complexity index is 1470. The molecule has 1 aliphatic heterocycles. The van der Waals surface area contributed by atoms with Crippen molar-refractivity contribution in [2.24, 2.45) is 0 Å². The van der Waals surface area contributed by atoms with Crippen LogP contribution in [-0.4, -0.2) is 16.8 Å². The first-order valence-corrected chi connectivity index (χ1v) is 9.96. The highest BCUT2D eigenvalue weighted by Crippen LogP contribution is 2.36. The van der Waals surface area contributed by atoms with Crippen LogP contribution < -0.4 is 20.5 Å². The lowest BCUT2D eigenvalue weighted by Crippen LogP contribution is -2.00. The maximum atomic E-state index is 6.05. The van der Waals surface area contributed by atoms with E-state index >= 15 is 0 Å². The highest BCUT2D eigenvalue weighted by atomic mass is 16.7. The van der Waals surface area contributed by atoms with Gasteiger partial charge < -0.3 is 20.5 Å². The number of fused-ring (bicyclic) bond motifs is 3. The molecule has 5 aromatic rings. The largest absolute Gasteiger partial charge is 0.454 e. The van der Waals surface area contributed by atoms with Crippen LogP contribution in [-0.2, 0) is 0 Å². The van der Waals surface area contributed by atoms with Crippen molar-refractivity contribution in [2.75, 3.05) is 17.8 Å². The second-order valence-electron chi connectivity index (χ2n) is 7.43. The summed E-state index contributed by atoms with van der Waals surface area (Å²) in [5, 5.41) is 6.58. The molecule has 0 amide bonds. The van der Waals surface area contributed by atoms with Crippen LogP contribution in [0.15, 0.2) is 78.9 Å². The third kappa shape index (κ3) is 3.14. The number of aromatic nitrogens is 2. The van der Waals surface area contributed by atoms with Crippen molar-refractivity contribution in [3.8, 4) is 22.9 Å². The molecule has 0 saturated carbocycles. The molecular weight excluding hydrogens is 388 g/mol. The Hall–Kier alpha value is -4.32. The third-order valence-corrected chi connectivity index (χ3v) is 5.36. The lowest BCUT2D eigenvalue weighted by molar-refractivity contribution is 0.174. The van der Waals surface area contributed by atoms with Gasteiger partial charge in [-0.15, -0.1) is 0 Å². The summed E-state index contributed by atoms with van der Waals surface area (Å²) in [5.41, 5.74) is 9.32. The van der Waals surface area contributed by atoms with Crippen LogP contribution in [0.1, 0.15) is 0 Å². The van der Waals surface area contributed by atoms with E-state index in [1.165, 1.54) is 5.39 Å². The van der Waals surface area contributed by atoms with Gasteiger partial charge in [-0.1, -0.05) is 36.4 Å². The van der Waals surface area contributed by atoms with Gasteiger partial charge in [0.2, 0.25) is 6.79 Å². The molecule has 0 aliphatic carbocycles. The summed E-state index contributed by atoms with van der Waals surface area (Å²) in [5.74, 6) is 2.77. The predicted molar refractivity (Wildman–Crippen MR) is 123 cm³/mol. The first-order chi connectivity index (χ1) is 15.2. The van der Waals surface area contributed by atoms with Gasteiger partial charge in [-0.2, -0.15) is 0 Å². The molecule has 6 rings (SSSR count). The summed E-state index contributed by atoms with van der Waals surface area (Å²) in [6, 6.07) is 25.9. The van der Waals surface area contributed by atoms with Crippen LogP contribution in [0, 0.1) is 0 Å². The summed E-state index contributed by atoms with van der Waals surface area (Å²) >= 11 is 0. The van der Waals surface area contributed by atoms with Crippen LogP contribution in [0.25, 0.3) is 33.1 Å². The average molecular weight is 406 g/mol. The molecule has 0 fully saturated rings. The van der Waals surface area contributed by atoms with Gasteiger partial charge in [0.15, 0.2) is 17.3 Å². The molecule has 150 valence electrons. The van der Waals surface area contributed by atoms with Gasteiger partial charge in [-0.05, 0) is 47.2 Å². The van der Waals surface area contributed by atoms with Crippen molar-refractivity contribution in [3.05, 3.63) is 78.9 Å². The molecule has 0 bridgehead atoms. The van der Waals surface area contributed by atoms with E-state index in [1.807, 2.05) is 54.6 Å². The number of rotatable bonds is 3. The van der Waals surface area contributed by atoms with E-state index in [2.05, 4.69) is 29.6 Å². The normalized spacial score (nSPS) is 12.4. The lowest BCUT2D eigenvalue weighted by atomic mass is 10.1. The molecule has 0 unspecified atom stereocenters. The van der Waals surface area contributed by atoms with Crippen molar-refractivity contribution in [1.82, 2.24) is 9.97 Å². The summed E-state index contributed by atoms with van der Waals surface area (Å²) in [4.78, 5) is 9.66. The van der Waals surface area contributed by atoms with Gasteiger partial charge in [0.05, 0.1) is 5.52 Å². The monoisotopic (exact) mass is 406 g/mol. The van der Waals surface area contributed by atoms with E-state index in [0.29, 0.717) is 23.1 Å². The fourth-order valence-electron chi connectivity index (χ4n) is 3.81. The second-order valence-corrected chi connectivity index (χ2v) is 7.43. The molecule has 0 atom stereocenters. The number of nitrogens with zero attached hydrogens (tertiary/aromatic N) is 2. The molecule has 2 heterocycles. The molecule has 1 aliphatic rings. The summed E-state index contributed by atoms with van der Waals surface area (Å²) in [6.45, 7) is 0.234. The van der Waals surface area contributed by atoms with Gasteiger partial charge in [0.25, 0.3) is 0 Å². The number of nitrogen functional groups attached to an aromatic ring is 1. The van der Waals surface area contributed by atoms with Crippen molar-refractivity contribution in [2.45, 2.75) is 0 Å². The fraction of sp³-hybridized carbons (Fsp3) is 0.0400. The zero-order valence-electron chi connectivity index (χ0n) is 16.5. The Morgan fingerprint density at radius 2 is 1.65 bits per heavy atom. The zero-order chi connectivity index (χ0) is 20.8. The molecule has 6 nitrogen and oxygen atoms in total. The highest BCUT2D eigenvalue weighted by molar-refractivity contribution is 5.95. The van der Waals surface area contributed by atoms with Gasteiger partial charge in [0, 0.05) is 28.4 Å². The molecule has 3 N–H and O–H groups in total. The molecule has 4 aromatic carbocycles. The predicted octanol–water partition coefficient (Wildman–Crippen LogP) is 5.50. The first-order valence-electron chi connectivity index (χ1n) is 9.96. The number of nitrogens with two attached hydrogens (primary N) is 1. The van der Waals surface area contributed by atoms with Crippen LogP contribution in [0.4, 0.5) is 17.2 Å². The Morgan fingerprint density at radius 3 is 2.58 bits per heavy atom. The van der Waals surface area contributed by atoms with Crippen LogP contribution in [0.5, 0.6) is 11.5 Å². The molecule has 0 spiro atoms. The highest BCUT2D eigenvalue weighted by Gasteiger charge is 2.15. The maximum Gasteiger partial charge on any atom is 0.231 e. The Kier molecular flexibility index (Phi) is 3.89. The molecule has 0 saturated heterocycles. The van der Waals surface area contributed by atoms with Crippen molar-refractivity contribution in [1.29, 1.82) is 0 Å². The van der Waals surface area contributed by atoms with E-state index in [9.17, 15) is 0 Å². The standard InChI is InChI=1S/C25H18N4O2/c26-18-7-9-21-20(12-18)25(27-19-8-10-22-23(13-19)31-14-30-22)29-24(28-21)17-6-5-15-3-1-2-4-16(15)11-17/h1-13H,14,26H2,(H,27,28,29). The number of benzene rings is 4. The second kappa shape index (κ2) is 6.88. The topological polar surface area (TPSA) is 82.3 Å². The number of anilines is 3. The zero-order valence-corrected chi connectivity index (χ0v) is 16.5. The number of nitrogens with one attached hydrogen (secondary N) is 1. The minimum atomic E-state index is 0.234. The average Bonchev–Trinajstić information content (AvgIpc) is 3.27. The minimum absolute atomic E-state index is 0.234. The Labute approximate surface area is 178 Å². The smallest absolute Gasteiger partial charge is 0.231 e. The van der Waals surface area contributed by atoms with Crippen molar-refractivity contribution in [3.63, 3.8) is 0 Å². The molecular formula is C25H18N4O2. The van der Waals surface area contributed by atoms with E-state index in [4.69, 9.17) is 25.2 Å². The van der Waals surface area contributed by atoms with E-state index < -0.39 is 0 Å². The minimum Gasteiger partial charge on any atom is -0.454 e. The summed E-state index contributed by atoms with van der Waals surface area (Å²) < 4.78 is 10.9. The Morgan fingerprint density at radius 1 is 0.774 bits per heavy atom. The number of ether oxygens (including phenoxy) is 2. The van der Waals surface area contributed by atoms with E-state index in [0.717, 1.165) is 33.3 Å². The SMILES string of the molecule is Nc1ccc2nc(-c3ccc4ccccc4c3)nc(Nc3ccc4c(c3)OCO4)c2c1. The third-order valence-electron chi connectivity index (χ3n) is 5.36. The quantitative estimate of drug-likeness (QED) is 0.385. The van der Waals surface area contributed by atoms with Crippen LogP contribution in [0.3, 0.4) is 0 Å². The molecule has 31 heavy (non-hydrogen) atoms.